The van der Waals surface area contributed by atoms with Crippen molar-refractivity contribution in [1.82, 2.24) is 0 Å². The number of aryl methyl sites for hydroxylation is 1. The molecule has 0 N–H and O–H groups in total. The van der Waals surface area contributed by atoms with E-state index >= 15 is 0 Å². The van der Waals surface area contributed by atoms with E-state index in [-0.39, 0.29) is 22.7 Å². The van der Waals surface area contributed by atoms with E-state index in [0.717, 1.165) is 0 Å². The molecule has 0 saturated heterocycles. The second kappa shape index (κ2) is 6.61. The maximum absolute atomic E-state index is 12.1. The van der Waals surface area contributed by atoms with Crippen LogP contribution in [-0.4, -0.2) is 15.6 Å². The van der Waals surface area contributed by atoms with Crippen molar-refractivity contribution in [3.05, 3.63) is 85.5 Å². The van der Waals surface area contributed by atoms with Crippen LogP contribution < -0.4 is 0 Å². The first-order valence-corrected chi connectivity index (χ1v) is 6.60. The summed E-state index contributed by atoms with van der Waals surface area (Å²) in [6.45, 7) is 1.60. The average Bonchev–Trinajstić information content (AvgIpc) is 2.53. The number of hydrogen-bond acceptors (Lipinski definition) is 5. The van der Waals surface area contributed by atoms with Crippen LogP contribution in [0.1, 0.15) is 21.5 Å². The molecule has 0 aliphatic carbocycles. The zero-order valence-electron chi connectivity index (χ0n) is 12.1. The van der Waals surface area contributed by atoms with Gasteiger partial charge in [0.1, 0.15) is 0 Å². The molecular weight excluding hydrogens is 300 g/mol. The maximum Gasteiger partial charge on any atom is 0.273 e. The second-order valence-corrected chi connectivity index (χ2v) is 4.80. The summed E-state index contributed by atoms with van der Waals surface area (Å²) in [5, 5.41) is 21.4. The van der Waals surface area contributed by atoms with Crippen LogP contribution in [0, 0.1) is 27.2 Å². The van der Waals surface area contributed by atoms with Gasteiger partial charge >= 0.3 is 0 Å². The minimum Gasteiger partial charge on any atom is -0.289 e. The molecule has 2 rings (SSSR count). The lowest BCUT2D eigenvalue weighted by molar-refractivity contribution is -0.385. The van der Waals surface area contributed by atoms with Gasteiger partial charge in [0.25, 0.3) is 11.4 Å². The lowest BCUT2D eigenvalue weighted by Gasteiger charge is -2.00. The van der Waals surface area contributed by atoms with Crippen molar-refractivity contribution in [2.45, 2.75) is 6.92 Å². The topological polar surface area (TPSA) is 103 Å². The molecule has 0 bridgehead atoms. The Balaban J connectivity index is 2.19. The highest BCUT2D eigenvalue weighted by Gasteiger charge is 2.13. The van der Waals surface area contributed by atoms with Crippen LogP contribution in [0.15, 0.2) is 48.5 Å². The van der Waals surface area contributed by atoms with E-state index in [0.29, 0.717) is 11.1 Å². The number of carbonyl (C=O) groups excluding carboxylic acids is 1. The van der Waals surface area contributed by atoms with Crippen molar-refractivity contribution >= 4 is 23.2 Å². The van der Waals surface area contributed by atoms with E-state index in [1.165, 1.54) is 54.6 Å². The van der Waals surface area contributed by atoms with Crippen molar-refractivity contribution < 1.29 is 14.6 Å². The molecule has 0 spiro atoms. The number of nitro groups is 2. The van der Waals surface area contributed by atoms with Crippen molar-refractivity contribution in [1.29, 1.82) is 0 Å². The summed E-state index contributed by atoms with van der Waals surface area (Å²) in [5.74, 6) is -0.383. The van der Waals surface area contributed by atoms with Crippen LogP contribution in [-0.2, 0) is 0 Å². The quantitative estimate of drug-likeness (QED) is 0.362. The van der Waals surface area contributed by atoms with E-state index in [4.69, 9.17) is 0 Å². The van der Waals surface area contributed by atoms with Gasteiger partial charge in [-0.15, -0.1) is 0 Å². The third-order valence-corrected chi connectivity index (χ3v) is 3.22. The fraction of sp³-hybridized carbons (Fsp3) is 0.0625. The van der Waals surface area contributed by atoms with Crippen LogP contribution in [0.2, 0.25) is 0 Å². The highest BCUT2D eigenvalue weighted by atomic mass is 16.6. The van der Waals surface area contributed by atoms with E-state index in [1.807, 2.05) is 0 Å². The van der Waals surface area contributed by atoms with E-state index in [9.17, 15) is 25.0 Å². The predicted octanol–water partition coefficient (Wildman–Crippen LogP) is 3.71. The van der Waals surface area contributed by atoms with E-state index < -0.39 is 9.85 Å². The van der Waals surface area contributed by atoms with Gasteiger partial charge in [-0.25, -0.2) is 0 Å². The standard InChI is InChI=1S/C16H12N2O5/c1-11-2-6-13(10-15(11)18(22)23)16(19)9-5-12-3-7-14(8-4-12)17(20)21/h2-10H,1H3. The first-order chi connectivity index (χ1) is 10.9. The zero-order chi connectivity index (χ0) is 17.0. The molecule has 0 aliphatic rings. The number of ketones is 1. The van der Waals surface area contributed by atoms with Gasteiger partial charge in [-0.1, -0.05) is 18.2 Å². The molecule has 0 saturated carbocycles. The van der Waals surface area contributed by atoms with Gasteiger partial charge < -0.3 is 0 Å². The lowest BCUT2D eigenvalue weighted by Crippen LogP contribution is -1.98. The number of non-ortho nitro benzene ring substituents is 1. The molecular formula is C16H12N2O5. The molecule has 116 valence electrons. The van der Waals surface area contributed by atoms with Gasteiger partial charge in [0.2, 0.25) is 0 Å². The molecule has 0 aromatic heterocycles. The Bertz CT molecular complexity index is 810. The second-order valence-electron chi connectivity index (χ2n) is 4.80. The van der Waals surface area contributed by atoms with Gasteiger partial charge in [0, 0.05) is 29.3 Å². The fourth-order valence-electron chi connectivity index (χ4n) is 1.93. The minimum atomic E-state index is -0.536. The van der Waals surface area contributed by atoms with Crippen LogP contribution in [0.5, 0.6) is 0 Å². The normalized spacial score (nSPS) is 10.7. The average molecular weight is 312 g/mol. The van der Waals surface area contributed by atoms with Crippen molar-refractivity contribution in [2.24, 2.45) is 0 Å². The molecule has 7 heteroatoms. The molecule has 0 radical (unpaired) electrons. The van der Waals surface area contributed by atoms with E-state index in [1.54, 1.807) is 6.92 Å². The number of benzene rings is 2. The molecule has 7 nitrogen and oxygen atoms in total. The Kier molecular flexibility index (Phi) is 4.61. The molecule has 0 amide bonds. The lowest BCUT2D eigenvalue weighted by atomic mass is 10.1. The Labute approximate surface area is 131 Å². The summed E-state index contributed by atoms with van der Waals surface area (Å²) in [6, 6.07) is 9.97. The SMILES string of the molecule is Cc1ccc(C(=O)C=Cc2ccc([N+](=O)[O-])cc2)cc1[N+](=O)[O-]. The van der Waals surface area contributed by atoms with E-state index in [2.05, 4.69) is 0 Å². The monoisotopic (exact) mass is 312 g/mol. The largest absolute Gasteiger partial charge is 0.289 e. The number of nitrogens with zero attached hydrogens (tertiary/aromatic N) is 2. The van der Waals surface area contributed by atoms with Gasteiger partial charge in [-0.2, -0.15) is 0 Å². The summed E-state index contributed by atoms with van der Waals surface area (Å²) in [6.07, 6.45) is 2.77. The maximum atomic E-state index is 12.1. The minimum absolute atomic E-state index is 0.0392. The highest BCUT2D eigenvalue weighted by molar-refractivity contribution is 6.07. The summed E-state index contributed by atoms with van der Waals surface area (Å²) in [4.78, 5) is 32.5. The number of nitro benzene ring substituents is 2. The fourth-order valence-corrected chi connectivity index (χ4v) is 1.93. The van der Waals surface area contributed by atoms with Crippen LogP contribution >= 0.6 is 0 Å². The van der Waals surface area contributed by atoms with Crippen LogP contribution in [0.25, 0.3) is 6.08 Å². The van der Waals surface area contributed by atoms with Gasteiger partial charge in [0.05, 0.1) is 9.85 Å². The Hall–Kier alpha value is -3.35. The first kappa shape index (κ1) is 16.0. The third-order valence-electron chi connectivity index (χ3n) is 3.22. The number of allylic oxidation sites excluding steroid dienone is 1. The van der Waals surface area contributed by atoms with Gasteiger partial charge in [0.15, 0.2) is 5.78 Å². The number of rotatable bonds is 5. The van der Waals surface area contributed by atoms with Gasteiger partial charge in [-0.3, -0.25) is 25.0 Å². The smallest absolute Gasteiger partial charge is 0.273 e. The summed E-state index contributed by atoms with van der Waals surface area (Å²) in [5.41, 5.74) is 1.15. The molecule has 23 heavy (non-hydrogen) atoms. The molecule has 2 aromatic carbocycles. The first-order valence-electron chi connectivity index (χ1n) is 6.60. The molecule has 0 heterocycles. The summed E-state index contributed by atoms with van der Waals surface area (Å²) >= 11 is 0. The molecule has 0 atom stereocenters. The highest BCUT2D eigenvalue weighted by Crippen LogP contribution is 2.20. The van der Waals surface area contributed by atoms with Crippen LogP contribution in [0.4, 0.5) is 11.4 Å². The summed E-state index contributed by atoms with van der Waals surface area (Å²) < 4.78 is 0. The number of hydrogen-bond donors (Lipinski definition) is 0. The third kappa shape index (κ3) is 3.85. The molecule has 0 aliphatic heterocycles. The number of carbonyl (C=O) groups is 1. The van der Waals surface area contributed by atoms with Gasteiger partial charge in [-0.05, 0) is 30.7 Å². The predicted molar refractivity (Wildman–Crippen MR) is 84.3 cm³/mol. The zero-order valence-corrected chi connectivity index (χ0v) is 12.1. The van der Waals surface area contributed by atoms with Crippen molar-refractivity contribution in [3.63, 3.8) is 0 Å². The Morgan fingerprint density at radius 1 is 1.00 bits per heavy atom. The Morgan fingerprint density at radius 3 is 2.22 bits per heavy atom. The molecule has 0 fully saturated rings. The molecule has 0 unspecified atom stereocenters. The molecule has 2 aromatic rings. The Morgan fingerprint density at radius 2 is 1.65 bits per heavy atom. The van der Waals surface area contributed by atoms with Crippen molar-refractivity contribution in [2.75, 3.05) is 0 Å². The summed E-state index contributed by atoms with van der Waals surface area (Å²) in [7, 11) is 0. The van der Waals surface area contributed by atoms with Crippen LogP contribution in [0.3, 0.4) is 0 Å². The van der Waals surface area contributed by atoms with Crippen molar-refractivity contribution in [3.8, 4) is 0 Å².